The smallest absolute Gasteiger partial charge is 0.410 e. The van der Waals surface area contributed by atoms with Gasteiger partial charge in [-0.25, -0.2) is 23.2 Å². The molecule has 13 heteroatoms. The zero-order valence-corrected chi connectivity index (χ0v) is 28.1. The second-order valence-corrected chi connectivity index (χ2v) is 14.4. The van der Waals surface area contributed by atoms with Crippen LogP contribution >= 0.6 is 0 Å². The number of nitrogens with zero attached hydrogens (tertiary/aromatic N) is 2. The minimum absolute atomic E-state index is 0.0178. The first-order chi connectivity index (χ1) is 23.2. The molecule has 266 valence electrons. The minimum atomic E-state index is -1.30. The number of hydrogen-bond donors (Lipinski definition) is 2. The molecule has 6 rings (SSSR count). The largest absolute Gasteiger partial charge is 0.481 e. The Hall–Kier alpha value is -4.42. The molecular formula is C36H45F2N3O8. The molecule has 0 bridgehead atoms. The number of halogens is 2. The molecular weight excluding hydrogens is 640 g/mol. The molecule has 2 aliphatic heterocycles. The van der Waals surface area contributed by atoms with Crippen molar-refractivity contribution in [1.29, 1.82) is 0 Å². The fraction of sp³-hybridized carbons (Fsp3) is 0.556. The summed E-state index contributed by atoms with van der Waals surface area (Å²) >= 11 is 0. The molecule has 0 spiro atoms. The third-order valence-corrected chi connectivity index (χ3v) is 9.60. The molecule has 2 saturated carbocycles. The number of nitrogens with one attached hydrogen (secondary N) is 1. The highest BCUT2D eigenvalue weighted by atomic mass is 19.1. The number of rotatable bonds is 8. The lowest BCUT2D eigenvalue weighted by Gasteiger charge is -2.27. The molecule has 2 aliphatic carbocycles. The number of likely N-dealkylation sites (tertiary alicyclic amines) is 2. The summed E-state index contributed by atoms with van der Waals surface area (Å²) in [4.78, 5) is 50.4. The SMILES string of the molecule is CC(C)(C)OC(=O)NC1([C@H]2CN(C(=O)OCc3ccccc3)C[C@@H]2F)CC1.O=C(OCc1ccccc1)N1C[C@H](F)[C@@H](C2(C(=O)O)CC2)C1. The van der Waals surface area contributed by atoms with Gasteiger partial charge in [-0.15, -0.1) is 0 Å². The number of aliphatic carboxylic acids is 1. The van der Waals surface area contributed by atoms with Crippen molar-refractivity contribution < 1.29 is 47.3 Å². The van der Waals surface area contributed by atoms with E-state index in [4.69, 9.17) is 14.2 Å². The average molecular weight is 686 g/mol. The summed E-state index contributed by atoms with van der Waals surface area (Å²) in [5.41, 5.74) is -0.487. The van der Waals surface area contributed by atoms with Crippen LogP contribution in [0.4, 0.5) is 23.2 Å². The highest BCUT2D eigenvalue weighted by Crippen LogP contribution is 2.55. The Bertz CT molecular complexity index is 1480. The average Bonchev–Trinajstić information content (AvgIpc) is 3.96. The summed E-state index contributed by atoms with van der Waals surface area (Å²) in [5, 5.41) is 12.1. The lowest BCUT2D eigenvalue weighted by Crippen LogP contribution is -2.48. The number of benzene rings is 2. The van der Waals surface area contributed by atoms with Crippen LogP contribution in [-0.2, 0) is 32.2 Å². The van der Waals surface area contributed by atoms with Crippen LogP contribution in [0, 0.1) is 17.3 Å². The van der Waals surface area contributed by atoms with E-state index < -0.39 is 65.0 Å². The van der Waals surface area contributed by atoms with Crippen LogP contribution in [0.1, 0.15) is 57.6 Å². The van der Waals surface area contributed by atoms with Gasteiger partial charge >= 0.3 is 24.2 Å². The molecule has 0 radical (unpaired) electrons. The third kappa shape index (κ3) is 8.98. The molecule has 49 heavy (non-hydrogen) atoms. The first-order valence-electron chi connectivity index (χ1n) is 16.7. The fourth-order valence-corrected chi connectivity index (χ4v) is 6.60. The highest BCUT2D eigenvalue weighted by molar-refractivity contribution is 5.79. The summed E-state index contributed by atoms with van der Waals surface area (Å²) in [6.07, 6.45) is -1.83. The first kappa shape index (κ1) is 35.9. The Balaban J connectivity index is 0.000000195. The monoisotopic (exact) mass is 685 g/mol. The van der Waals surface area contributed by atoms with Gasteiger partial charge in [0.25, 0.3) is 0 Å². The van der Waals surface area contributed by atoms with Crippen molar-refractivity contribution in [3.8, 4) is 0 Å². The van der Waals surface area contributed by atoms with E-state index in [1.807, 2.05) is 60.7 Å². The summed E-state index contributed by atoms with van der Waals surface area (Å²) in [6.45, 7) is 5.86. The van der Waals surface area contributed by atoms with Crippen molar-refractivity contribution in [2.24, 2.45) is 17.3 Å². The number of carbonyl (C=O) groups excluding carboxylic acids is 3. The Morgan fingerprint density at radius 1 is 0.755 bits per heavy atom. The number of hydrogen-bond acceptors (Lipinski definition) is 7. The van der Waals surface area contributed by atoms with Gasteiger partial charge in [0.2, 0.25) is 0 Å². The van der Waals surface area contributed by atoms with Crippen molar-refractivity contribution in [3.05, 3.63) is 71.8 Å². The van der Waals surface area contributed by atoms with E-state index in [1.54, 1.807) is 20.8 Å². The van der Waals surface area contributed by atoms with E-state index in [9.17, 15) is 33.1 Å². The number of ether oxygens (including phenoxy) is 3. The zero-order valence-electron chi connectivity index (χ0n) is 28.1. The van der Waals surface area contributed by atoms with Crippen LogP contribution in [-0.4, -0.2) is 88.8 Å². The van der Waals surface area contributed by atoms with Crippen LogP contribution in [0.15, 0.2) is 60.7 Å². The topological polar surface area (TPSA) is 135 Å². The van der Waals surface area contributed by atoms with E-state index in [1.165, 1.54) is 9.80 Å². The lowest BCUT2D eigenvalue weighted by atomic mass is 9.87. The van der Waals surface area contributed by atoms with Gasteiger partial charge in [0.05, 0.1) is 24.0 Å². The van der Waals surface area contributed by atoms with Gasteiger partial charge < -0.3 is 34.4 Å². The number of carbonyl (C=O) groups is 4. The standard InChI is InChI=1S/C20H27FN2O4.C16H18FNO4/c1-19(2,3)27-17(24)22-20(9-10-20)15-11-23(12-16(15)21)18(25)26-13-14-7-5-4-6-8-14;17-13-9-18(8-12(13)16(6-7-16)14(19)20)15(21)22-10-11-4-2-1-3-5-11/h4-8,15-16H,9-13H2,1-3H3,(H,22,24);1-5,12-13H,6-10H2,(H,19,20)/t15-,16-;12-,13-/m00/s1. The van der Waals surface area contributed by atoms with E-state index in [2.05, 4.69) is 5.32 Å². The van der Waals surface area contributed by atoms with Gasteiger partial charge in [0.15, 0.2) is 0 Å². The lowest BCUT2D eigenvalue weighted by molar-refractivity contribution is -0.146. The molecule has 3 amide bonds. The van der Waals surface area contributed by atoms with Crippen LogP contribution in [0.3, 0.4) is 0 Å². The summed E-state index contributed by atoms with van der Waals surface area (Å²) in [6, 6.07) is 18.6. The van der Waals surface area contributed by atoms with Crippen LogP contribution < -0.4 is 5.32 Å². The summed E-state index contributed by atoms with van der Waals surface area (Å²) in [7, 11) is 0. The minimum Gasteiger partial charge on any atom is -0.481 e. The highest BCUT2D eigenvalue weighted by Gasteiger charge is 2.61. The number of amides is 3. The molecule has 11 nitrogen and oxygen atoms in total. The number of alkyl carbamates (subject to hydrolysis) is 1. The molecule has 2 aromatic rings. The maximum atomic E-state index is 14.6. The van der Waals surface area contributed by atoms with Gasteiger partial charge in [-0.3, -0.25) is 4.79 Å². The van der Waals surface area contributed by atoms with Gasteiger partial charge in [0, 0.05) is 24.9 Å². The second-order valence-electron chi connectivity index (χ2n) is 14.4. The normalized spacial score (nSPS) is 24.6. The van der Waals surface area contributed by atoms with Gasteiger partial charge in [-0.05, 0) is 57.6 Å². The van der Waals surface area contributed by atoms with Crippen molar-refractivity contribution in [2.45, 2.75) is 83.2 Å². The van der Waals surface area contributed by atoms with Crippen LogP contribution in [0.5, 0.6) is 0 Å². The van der Waals surface area contributed by atoms with Crippen molar-refractivity contribution in [2.75, 3.05) is 26.2 Å². The van der Waals surface area contributed by atoms with Crippen LogP contribution in [0.25, 0.3) is 0 Å². The van der Waals surface area contributed by atoms with Gasteiger partial charge in [-0.1, -0.05) is 60.7 Å². The first-order valence-corrected chi connectivity index (χ1v) is 16.7. The van der Waals surface area contributed by atoms with E-state index in [0.29, 0.717) is 25.7 Å². The van der Waals surface area contributed by atoms with E-state index in [-0.39, 0.29) is 39.4 Å². The molecule has 2 heterocycles. The molecule has 2 N–H and O–H groups in total. The third-order valence-electron chi connectivity index (χ3n) is 9.60. The molecule has 0 unspecified atom stereocenters. The Labute approximate surface area is 284 Å². The van der Waals surface area contributed by atoms with Crippen molar-refractivity contribution in [1.82, 2.24) is 15.1 Å². The molecule has 4 atom stereocenters. The Morgan fingerprint density at radius 3 is 1.61 bits per heavy atom. The second kappa shape index (κ2) is 14.6. The predicted molar refractivity (Wildman–Crippen MR) is 174 cm³/mol. The Morgan fingerprint density at radius 2 is 1.20 bits per heavy atom. The summed E-state index contributed by atoms with van der Waals surface area (Å²) < 4.78 is 44.6. The predicted octanol–water partition coefficient (Wildman–Crippen LogP) is 6.11. The Kier molecular flexibility index (Phi) is 10.7. The molecule has 4 aliphatic rings. The summed E-state index contributed by atoms with van der Waals surface area (Å²) in [5.74, 6) is -2.04. The van der Waals surface area contributed by atoms with Crippen molar-refractivity contribution >= 4 is 24.2 Å². The van der Waals surface area contributed by atoms with Crippen LogP contribution in [0.2, 0.25) is 0 Å². The molecule has 0 aromatic heterocycles. The van der Waals surface area contributed by atoms with Crippen molar-refractivity contribution in [3.63, 3.8) is 0 Å². The quantitative estimate of drug-likeness (QED) is 0.318. The van der Waals surface area contributed by atoms with E-state index >= 15 is 0 Å². The number of alkyl halides is 2. The zero-order chi connectivity index (χ0) is 35.4. The maximum Gasteiger partial charge on any atom is 0.410 e. The maximum absolute atomic E-state index is 14.6. The van der Waals surface area contributed by atoms with Gasteiger partial charge in [-0.2, -0.15) is 0 Å². The molecule has 2 saturated heterocycles. The number of carboxylic acids is 1. The molecule has 4 fully saturated rings. The van der Waals surface area contributed by atoms with E-state index in [0.717, 1.165) is 11.1 Å². The van der Waals surface area contributed by atoms with Gasteiger partial charge in [0.1, 0.15) is 31.2 Å². The fourth-order valence-electron chi connectivity index (χ4n) is 6.60. The molecule has 2 aromatic carbocycles. The number of carboxylic acid groups (broad SMARTS) is 1.